The van der Waals surface area contributed by atoms with Crippen LogP contribution in [0, 0.1) is 10.1 Å². The van der Waals surface area contributed by atoms with E-state index in [9.17, 15) is 10.1 Å². The van der Waals surface area contributed by atoms with Crippen LogP contribution < -0.4 is 9.64 Å². The van der Waals surface area contributed by atoms with Gasteiger partial charge in [0.1, 0.15) is 5.75 Å². The normalized spacial score (nSPS) is 15.6. The Labute approximate surface area is 138 Å². The fraction of sp³-hybridized carbons (Fsp3) is 0.400. The molecule has 0 unspecified atom stereocenters. The summed E-state index contributed by atoms with van der Waals surface area (Å²) in [7, 11) is 1.59. The molecule has 0 atom stereocenters. The van der Waals surface area contributed by atoms with Gasteiger partial charge in [-0.25, -0.2) is 4.98 Å². The van der Waals surface area contributed by atoms with Gasteiger partial charge in [0.15, 0.2) is 5.13 Å². The third-order valence-electron chi connectivity index (χ3n) is 3.93. The van der Waals surface area contributed by atoms with E-state index in [0.29, 0.717) is 12.3 Å². The van der Waals surface area contributed by atoms with Crippen LogP contribution in [0.4, 0.5) is 10.8 Å². The van der Waals surface area contributed by atoms with Crippen LogP contribution >= 0.6 is 11.3 Å². The monoisotopic (exact) mass is 334 g/mol. The average Bonchev–Trinajstić information content (AvgIpc) is 3.10. The van der Waals surface area contributed by atoms with Crippen molar-refractivity contribution in [3.8, 4) is 5.75 Å². The van der Waals surface area contributed by atoms with Crippen molar-refractivity contribution in [1.82, 2.24) is 9.88 Å². The first kappa shape index (κ1) is 15.7. The number of thiazole rings is 1. The number of rotatable bonds is 5. The summed E-state index contributed by atoms with van der Waals surface area (Å²) in [6.07, 6.45) is 1.82. The molecule has 0 N–H and O–H groups in total. The predicted molar refractivity (Wildman–Crippen MR) is 89.3 cm³/mol. The number of non-ortho nitro benzene ring substituents is 1. The first-order valence-electron chi connectivity index (χ1n) is 7.35. The molecule has 7 nitrogen and oxygen atoms in total. The van der Waals surface area contributed by atoms with Crippen LogP contribution in [-0.4, -0.2) is 48.1 Å². The van der Waals surface area contributed by atoms with Gasteiger partial charge in [-0.1, -0.05) is 0 Å². The number of hydrogen-bond donors (Lipinski definition) is 0. The number of hydrogen-bond acceptors (Lipinski definition) is 7. The van der Waals surface area contributed by atoms with Gasteiger partial charge in [0.2, 0.25) is 0 Å². The first-order valence-corrected chi connectivity index (χ1v) is 8.23. The lowest BCUT2D eigenvalue weighted by atomic mass is 10.1. The van der Waals surface area contributed by atoms with E-state index < -0.39 is 0 Å². The van der Waals surface area contributed by atoms with Gasteiger partial charge < -0.3 is 9.64 Å². The van der Waals surface area contributed by atoms with Crippen molar-refractivity contribution in [2.75, 3.05) is 38.2 Å². The summed E-state index contributed by atoms with van der Waals surface area (Å²) in [4.78, 5) is 19.5. The Morgan fingerprint density at radius 2 is 2.13 bits per heavy atom. The molecule has 0 bridgehead atoms. The second-order valence-corrected chi connectivity index (χ2v) is 6.20. The number of ether oxygens (including phenoxy) is 1. The van der Waals surface area contributed by atoms with Crippen LogP contribution in [0.15, 0.2) is 29.8 Å². The largest absolute Gasteiger partial charge is 0.496 e. The van der Waals surface area contributed by atoms with E-state index in [4.69, 9.17) is 4.74 Å². The zero-order valence-corrected chi connectivity index (χ0v) is 13.7. The van der Waals surface area contributed by atoms with E-state index in [1.807, 2.05) is 11.6 Å². The van der Waals surface area contributed by atoms with Crippen molar-refractivity contribution in [1.29, 1.82) is 0 Å². The number of methoxy groups -OCH3 is 1. The Hall–Kier alpha value is -2.19. The molecule has 0 radical (unpaired) electrons. The number of benzene rings is 1. The van der Waals surface area contributed by atoms with Gasteiger partial charge in [0.25, 0.3) is 5.69 Å². The van der Waals surface area contributed by atoms with Crippen molar-refractivity contribution in [3.63, 3.8) is 0 Å². The van der Waals surface area contributed by atoms with E-state index >= 15 is 0 Å². The molecule has 8 heteroatoms. The van der Waals surface area contributed by atoms with Gasteiger partial charge in [-0.05, 0) is 6.07 Å². The Balaban J connectivity index is 1.66. The molecular weight excluding hydrogens is 316 g/mol. The second kappa shape index (κ2) is 6.93. The number of aromatic nitrogens is 1. The zero-order chi connectivity index (χ0) is 16.2. The minimum absolute atomic E-state index is 0.0993. The van der Waals surface area contributed by atoms with Crippen LogP contribution in [0.25, 0.3) is 0 Å². The Morgan fingerprint density at radius 1 is 1.35 bits per heavy atom. The van der Waals surface area contributed by atoms with E-state index in [-0.39, 0.29) is 10.6 Å². The highest BCUT2D eigenvalue weighted by Crippen LogP contribution is 2.26. The molecule has 23 heavy (non-hydrogen) atoms. The highest BCUT2D eigenvalue weighted by atomic mass is 32.1. The van der Waals surface area contributed by atoms with Crippen LogP contribution in [0.5, 0.6) is 5.75 Å². The molecule has 0 saturated carbocycles. The smallest absolute Gasteiger partial charge is 0.270 e. The SMILES string of the molecule is COc1ccc([N+](=O)[O-])cc1CN1CCN(c2nccs2)CC1. The van der Waals surface area contributed by atoms with Crippen molar-refractivity contribution in [2.45, 2.75) is 6.54 Å². The van der Waals surface area contributed by atoms with E-state index in [1.54, 1.807) is 30.6 Å². The summed E-state index contributed by atoms with van der Waals surface area (Å²) in [5.74, 6) is 0.693. The summed E-state index contributed by atoms with van der Waals surface area (Å²) >= 11 is 1.65. The second-order valence-electron chi connectivity index (χ2n) is 5.33. The van der Waals surface area contributed by atoms with Gasteiger partial charge in [-0.3, -0.25) is 15.0 Å². The maximum atomic E-state index is 11.0. The quantitative estimate of drug-likeness (QED) is 0.617. The molecular formula is C15H18N4O3S. The molecule has 1 fully saturated rings. The summed E-state index contributed by atoms with van der Waals surface area (Å²) < 4.78 is 5.33. The topological polar surface area (TPSA) is 71.7 Å². The van der Waals surface area contributed by atoms with Crippen LogP contribution in [-0.2, 0) is 6.54 Å². The summed E-state index contributed by atoms with van der Waals surface area (Å²) in [5, 5.41) is 14.0. The standard InChI is InChI=1S/C15H18N4O3S/c1-22-14-3-2-13(19(20)21)10-12(14)11-17-5-7-18(8-6-17)15-16-4-9-23-15/h2-4,9-10H,5-8,11H2,1H3. The van der Waals surface area contributed by atoms with Crippen molar-refractivity contribution in [2.24, 2.45) is 0 Å². The lowest BCUT2D eigenvalue weighted by molar-refractivity contribution is -0.385. The zero-order valence-electron chi connectivity index (χ0n) is 12.8. The first-order chi connectivity index (χ1) is 11.2. The van der Waals surface area contributed by atoms with Crippen molar-refractivity contribution in [3.05, 3.63) is 45.5 Å². The van der Waals surface area contributed by atoms with Gasteiger partial charge in [0.05, 0.1) is 12.0 Å². The van der Waals surface area contributed by atoms with Crippen LogP contribution in [0.3, 0.4) is 0 Å². The lowest BCUT2D eigenvalue weighted by Crippen LogP contribution is -2.45. The molecule has 0 amide bonds. The molecule has 1 aliphatic rings. The highest BCUT2D eigenvalue weighted by molar-refractivity contribution is 7.13. The number of nitro groups is 1. The lowest BCUT2D eigenvalue weighted by Gasteiger charge is -2.34. The molecule has 1 aromatic carbocycles. The number of nitro benzene ring substituents is 1. The molecule has 2 aromatic rings. The van der Waals surface area contributed by atoms with Crippen molar-refractivity contribution < 1.29 is 9.66 Å². The molecule has 0 aliphatic carbocycles. The van der Waals surface area contributed by atoms with Gasteiger partial charge in [0, 0.05) is 62.0 Å². The molecule has 1 aliphatic heterocycles. The van der Waals surface area contributed by atoms with Gasteiger partial charge in [-0.15, -0.1) is 11.3 Å². The Bertz CT molecular complexity index is 669. The fourth-order valence-corrected chi connectivity index (χ4v) is 3.41. The number of anilines is 1. The molecule has 1 saturated heterocycles. The molecule has 3 rings (SSSR count). The van der Waals surface area contributed by atoms with Crippen LogP contribution in [0.2, 0.25) is 0 Å². The highest BCUT2D eigenvalue weighted by Gasteiger charge is 2.20. The van der Waals surface area contributed by atoms with Gasteiger partial charge >= 0.3 is 0 Å². The van der Waals surface area contributed by atoms with E-state index in [1.165, 1.54) is 6.07 Å². The third-order valence-corrected chi connectivity index (χ3v) is 4.76. The maximum absolute atomic E-state index is 11.0. The minimum Gasteiger partial charge on any atom is -0.496 e. The van der Waals surface area contributed by atoms with Gasteiger partial charge in [-0.2, -0.15) is 0 Å². The maximum Gasteiger partial charge on any atom is 0.270 e. The Morgan fingerprint density at radius 3 is 2.74 bits per heavy atom. The van der Waals surface area contributed by atoms with Crippen molar-refractivity contribution >= 4 is 22.2 Å². The predicted octanol–water partition coefficient (Wildman–Crippen LogP) is 2.38. The molecule has 2 heterocycles. The molecule has 1 aromatic heterocycles. The minimum atomic E-state index is -0.372. The number of nitrogens with zero attached hydrogens (tertiary/aromatic N) is 4. The molecule has 122 valence electrons. The van der Waals surface area contributed by atoms with Crippen LogP contribution in [0.1, 0.15) is 5.56 Å². The summed E-state index contributed by atoms with van der Waals surface area (Å²) in [6, 6.07) is 4.74. The number of piperazine rings is 1. The Kier molecular flexibility index (Phi) is 4.73. The average molecular weight is 334 g/mol. The summed E-state index contributed by atoms with van der Waals surface area (Å²) in [5.41, 5.74) is 0.951. The van der Waals surface area contributed by atoms with E-state index in [0.717, 1.165) is 36.9 Å². The molecule has 0 spiro atoms. The third kappa shape index (κ3) is 3.59. The fourth-order valence-electron chi connectivity index (χ4n) is 2.71. The summed E-state index contributed by atoms with van der Waals surface area (Å²) in [6.45, 7) is 4.25. The van der Waals surface area contributed by atoms with E-state index in [2.05, 4.69) is 14.8 Å².